The Morgan fingerprint density at radius 1 is 1.26 bits per heavy atom. The highest BCUT2D eigenvalue weighted by atomic mass is 32.1. The maximum Gasteiger partial charge on any atom is 0.0976 e. The van der Waals surface area contributed by atoms with Gasteiger partial charge in [-0.15, -0.1) is 11.3 Å². The van der Waals surface area contributed by atoms with E-state index in [4.69, 9.17) is 4.74 Å². The van der Waals surface area contributed by atoms with Gasteiger partial charge in [0.2, 0.25) is 0 Å². The first-order valence-electron chi connectivity index (χ1n) is 6.59. The van der Waals surface area contributed by atoms with E-state index >= 15 is 0 Å². The smallest absolute Gasteiger partial charge is 0.0976 e. The third-order valence-electron chi connectivity index (χ3n) is 2.77. The molecule has 0 saturated heterocycles. The van der Waals surface area contributed by atoms with Gasteiger partial charge in [-0.05, 0) is 25.1 Å². The van der Waals surface area contributed by atoms with Crippen molar-refractivity contribution in [2.45, 2.75) is 12.8 Å². The highest BCUT2D eigenvalue weighted by molar-refractivity contribution is 7.18. The molecule has 3 nitrogen and oxygen atoms in total. The Bertz CT molecular complexity index is 489. The lowest BCUT2D eigenvalue weighted by Crippen LogP contribution is -2.19. The summed E-state index contributed by atoms with van der Waals surface area (Å²) < 4.78 is 6.24. The number of allylic oxidation sites excluding steroid dienone is 1. The van der Waals surface area contributed by atoms with Crippen LogP contribution < -0.4 is 5.32 Å². The van der Waals surface area contributed by atoms with Crippen LogP contribution in [-0.4, -0.2) is 31.8 Å². The normalized spacial score (nSPS) is 11.6. The summed E-state index contributed by atoms with van der Waals surface area (Å²) in [6.07, 6.45) is 6.40. The summed E-state index contributed by atoms with van der Waals surface area (Å²) in [5.41, 5.74) is 1.11. The van der Waals surface area contributed by atoms with Crippen molar-refractivity contribution in [3.8, 4) is 0 Å². The summed E-state index contributed by atoms with van der Waals surface area (Å²) >= 11 is 1.78. The topological polar surface area (TPSA) is 34.1 Å². The number of aromatic nitrogens is 1. The number of rotatable bonds is 8. The molecule has 0 fully saturated rings. The fraction of sp³-hybridized carbons (Fsp3) is 0.400. The van der Waals surface area contributed by atoms with E-state index in [1.165, 1.54) is 9.71 Å². The Labute approximate surface area is 118 Å². The van der Waals surface area contributed by atoms with E-state index in [1.807, 2.05) is 6.07 Å². The van der Waals surface area contributed by atoms with Gasteiger partial charge >= 0.3 is 0 Å². The van der Waals surface area contributed by atoms with Crippen LogP contribution in [0.15, 0.2) is 36.4 Å². The first-order valence-corrected chi connectivity index (χ1v) is 7.41. The molecule has 2 rings (SSSR count). The van der Waals surface area contributed by atoms with Crippen molar-refractivity contribution in [1.29, 1.82) is 0 Å². The number of nitrogens with zero attached hydrogens (tertiary/aromatic N) is 1. The van der Waals surface area contributed by atoms with Gasteiger partial charge in [0.15, 0.2) is 0 Å². The van der Waals surface area contributed by atoms with Gasteiger partial charge in [0, 0.05) is 20.1 Å². The third-order valence-corrected chi connectivity index (χ3v) is 3.83. The Morgan fingerprint density at radius 2 is 2.16 bits per heavy atom. The monoisotopic (exact) mass is 276 g/mol. The molecule has 4 heteroatoms. The molecule has 0 amide bonds. The highest BCUT2D eigenvalue weighted by Crippen LogP contribution is 2.21. The molecule has 0 atom stereocenters. The minimum absolute atomic E-state index is 0.773. The van der Waals surface area contributed by atoms with Crippen LogP contribution in [0, 0.1) is 0 Å². The number of methoxy groups -OCH3 is 1. The van der Waals surface area contributed by atoms with Crippen molar-refractivity contribution in [3.63, 3.8) is 0 Å². The minimum Gasteiger partial charge on any atom is -0.383 e. The Morgan fingerprint density at radius 3 is 3.00 bits per heavy atom. The summed E-state index contributed by atoms with van der Waals surface area (Å²) in [5, 5.41) is 4.50. The van der Waals surface area contributed by atoms with Crippen molar-refractivity contribution in [2.24, 2.45) is 0 Å². The van der Waals surface area contributed by atoms with Gasteiger partial charge in [0.25, 0.3) is 0 Å². The molecule has 0 radical (unpaired) electrons. The Balaban J connectivity index is 1.70. The van der Waals surface area contributed by atoms with E-state index in [2.05, 4.69) is 40.7 Å². The molecule has 19 heavy (non-hydrogen) atoms. The average molecular weight is 276 g/mol. The zero-order chi connectivity index (χ0) is 13.3. The number of nitrogens with one attached hydrogen (secondary N) is 1. The van der Waals surface area contributed by atoms with Crippen molar-refractivity contribution >= 4 is 21.6 Å². The molecule has 0 saturated carbocycles. The molecule has 1 heterocycles. The second-order valence-electron chi connectivity index (χ2n) is 4.28. The first-order chi connectivity index (χ1) is 9.40. The summed E-state index contributed by atoms with van der Waals surface area (Å²) in [6.45, 7) is 2.69. The summed E-state index contributed by atoms with van der Waals surface area (Å²) in [5.74, 6) is 0. The van der Waals surface area contributed by atoms with Gasteiger partial charge in [0.1, 0.15) is 0 Å². The molecule has 0 unspecified atom stereocenters. The minimum atomic E-state index is 0.773. The van der Waals surface area contributed by atoms with Gasteiger partial charge in [-0.2, -0.15) is 0 Å². The lowest BCUT2D eigenvalue weighted by molar-refractivity contribution is 0.199. The van der Waals surface area contributed by atoms with Crippen molar-refractivity contribution in [1.82, 2.24) is 10.3 Å². The molecule has 0 aliphatic heterocycles. The second-order valence-corrected chi connectivity index (χ2v) is 5.40. The number of hydrogen-bond acceptors (Lipinski definition) is 4. The van der Waals surface area contributed by atoms with E-state index in [-0.39, 0.29) is 0 Å². The maximum absolute atomic E-state index is 4.97. The lowest BCUT2D eigenvalue weighted by Gasteiger charge is -2.00. The zero-order valence-electron chi connectivity index (χ0n) is 11.3. The molecule has 0 bridgehead atoms. The van der Waals surface area contributed by atoms with Crippen molar-refractivity contribution in [2.75, 3.05) is 26.8 Å². The zero-order valence-corrected chi connectivity index (χ0v) is 12.1. The van der Waals surface area contributed by atoms with E-state index in [0.29, 0.717) is 0 Å². The summed E-state index contributed by atoms with van der Waals surface area (Å²) in [4.78, 5) is 4.61. The number of hydrogen-bond donors (Lipinski definition) is 1. The third kappa shape index (κ3) is 4.74. The van der Waals surface area contributed by atoms with Crippen LogP contribution in [0.4, 0.5) is 0 Å². The van der Waals surface area contributed by atoms with E-state index in [1.54, 1.807) is 18.4 Å². The lowest BCUT2D eigenvalue weighted by atomic mass is 10.3. The molecule has 1 N–H and O–H groups in total. The predicted molar refractivity (Wildman–Crippen MR) is 81.8 cm³/mol. The molecular weight excluding hydrogens is 256 g/mol. The van der Waals surface area contributed by atoms with Crippen LogP contribution in [0.25, 0.3) is 10.2 Å². The largest absolute Gasteiger partial charge is 0.383 e. The van der Waals surface area contributed by atoms with Gasteiger partial charge in [0.05, 0.1) is 21.8 Å². The molecular formula is C15H20N2OS. The number of benzene rings is 1. The highest BCUT2D eigenvalue weighted by Gasteiger charge is 2.00. The van der Waals surface area contributed by atoms with Crippen LogP contribution >= 0.6 is 11.3 Å². The van der Waals surface area contributed by atoms with Crippen LogP contribution in [0.5, 0.6) is 0 Å². The van der Waals surface area contributed by atoms with Gasteiger partial charge in [-0.3, -0.25) is 0 Å². The van der Waals surface area contributed by atoms with E-state index < -0.39 is 0 Å². The average Bonchev–Trinajstić information content (AvgIpc) is 2.84. The molecule has 0 aliphatic rings. The van der Waals surface area contributed by atoms with Crippen LogP contribution in [-0.2, 0) is 11.2 Å². The molecule has 1 aromatic carbocycles. The SMILES string of the molecule is COCCNCCC=CCc1nc2ccccc2s1. The fourth-order valence-corrected chi connectivity index (χ4v) is 2.74. The molecule has 0 spiro atoms. The van der Waals surface area contributed by atoms with Gasteiger partial charge in [-0.1, -0.05) is 24.3 Å². The van der Waals surface area contributed by atoms with E-state index in [0.717, 1.165) is 38.1 Å². The predicted octanol–water partition coefficient (Wildman–Crippen LogP) is 3.02. The summed E-state index contributed by atoms with van der Waals surface area (Å²) in [7, 11) is 1.72. The number of para-hydroxylation sites is 1. The maximum atomic E-state index is 4.97. The van der Waals surface area contributed by atoms with E-state index in [9.17, 15) is 0 Å². The number of fused-ring (bicyclic) bond motifs is 1. The fourth-order valence-electron chi connectivity index (χ4n) is 1.79. The second kappa shape index (κ2) is 8.04. The molecule has 1 aromatic heterocycles. The van der Waals surface area contributed by atoms with Crippen LogP contribution in [0.1, 0.15) is 11.4 Å². The van der Waals surface area contributed by atoms with Crippen molar-refractivity contribution < 1.29 is 4.74 Å². The Kier molecular flexibility index (Phi) is 6.01. The quantitative estimate of drug-likeness (QED) is 0.594. The molecule has 0 aliphatic carbocycles. The van der Waals surface area contributed by atoms with Gasteiger partial charge in [-0.25, -0.2) is 4.98 Å². The van der Waals surface area contributed by atoms with Crippen LogP contribution in [0.3, 0.4) is 0 Å². The first kappa shape index (κ1) is 14.2. The van der Waals surface area contributed by atoms with Crippen LogP contribution in [0.2, 0.25) is 0 Å². The molecule has 2 aromatic rings. The number of ether oxygens (including phenoxy) is 1. The standard InChI is InChI=1S/C15H20N2OS/c1-18-12-11-16-10-6-2-3-9-15-17-13-7-4-5-8-14(13)19-15/h2-5,7-8,16H,6,9-12H2,1H3. The van der Waals surface area contributed by atoms with Crippen molar-refractivity contribution in [3.05, 3.63) is 41.4 Å². The number of thiazole rings is 1. The summed E-state index contributed by atoms with van der Waals surface area (Å²) in [6, 6.07) is 8.29. The molecule has 102 valence electrons. The Hall–Kier alpha value is -1.23. The van der Waals surface area contributed by atoms with Gasteiger partial charge < -0.3 is 10.1 Å².